The maximum atomic E-state index is 12.9. The van der Waals surface area contributed by atoms with Crippen molar-refractivity contribution in [2.75, 3.05) is 40.5 Å². The molecule has 0 radical (unpaired) electrons. The minimum Gasteiger partial charge on any atom is -0.468 e. The fraction of sp³-hybridized carbons (Fsp3) is 0.455. The van der Waals surface area contributed by atoms with Crippen molar-refractivity contribution in [1.29, 1.82) is 0 Å². The van der Waals surface area contributed by atoms with Gasteiger partial charge >= 0.3 is 11.9 Å². The summed E-state index contributed by atoms with van der Waals surface area (Å²) in [6.07, 6.45) is 1.92. The van der Waals surface area contributed by atoms with Gasteiger partial charge in [-0.3, -0.25) is 4.79 Å². The number of hydrogen-bond acceptors (Lipinski definition) is 6. The molecule has 0 aromatic heterocycles. The lowest BCUT2D eigenvalue weighted by atomic mass is 9.73. The van der Waals surface area contributed by atoms with Crippen molar-refractivity contribution in [3.05, 3.63) is 58.3 Å². The molecule has 1 aromatic rings. The van der Waals surface area contributed by atoms with Crippen LogP contribution in [0.2, 0.25) is 0 Å². The predicted octanol–water partition coefficient (Wildman–Crippen LogP) is 2.59. The molecule has 0 N–H and O–H groups in total. The van der Waals surface area contributed by atoms with Crippen LogP contribution in [-0.4, -0.2) is 57.4 Å². The van der Waals surface area contributed by atoms with Crippen molar-refractivity contribution in [1.82, 2.24) is 4.90 Å². The van der Waals surface area contributed by atoms with Crippen LogP contribution in [0.15, 0.2) is 47.2 Å². The van der Waals surface area contributed by atoms with Gasteiger partial charge in [-0.1, -0.05) is 29.8 Å². The molecule has 2 atom stereocenters. The Morgan fingerprint density at radius 1 is 1.04 bits per heavy atom. The number of allylic oxidation sites excluding steroid dienone is 2. The van der Waals surface area contributed by atoms with Gasteiger partial charge in [-0.15, -0.1) is 0 Å². The van der Waals surface area contributed by atoms with Crippen molar-refractivity contribution >= 4 is 11.9 Å². The Bertz CT molecular complexity index is 803. The summed E-state index contributed by atoms with van der Waals surface area (Å²) in [6, 6.07) is 7.91. The van der Waals surface area contributed by atoms with Crippen LogP contribution in [0.5, 0.6) is 0 Å². The van der Waals surface area contributed by atoms with E-state index in [1.165, 1.54) is 14.2 Å². The largest absolute Gasteiger partial charge is 0.468 e. The molecule has 1 aliphatic carbocycles. The Kier molecular flexibility index (Phi) is 6.19. The van der Waals surface area contributed by atoms with Crippen LogP contribution in [0.25, 0.3) is 0 Å². The van der Waals surface area contributed by atoms with Crippen molar-refractivity contribution in [3.63, 3.8) is 0 Å². The number of rotatable bonds is 4. The van der Waals surface area contributed by atoms with Gasteiger partial charge in [0.15, 0.2) is 0 Å². The summed E-state index contributed by atoms with van der Waals surface area (Å²) in [5.41, 5.74) is 4.17. The van der Waals surface area contributed by atoms with E-state index < -0.39 is 17.8 Å². The maximum Gasteiger partial charge on any atom is 0.334 e. The van der Waals surface area contributed by atoms with Gasteiger partial charge in [0.25, 0.3) is 0 Å². The Morgan fingerprint density at radius 3 is 2.25 bits per heavy atom. The average Bonchev–Trinajstić information content (AvgIpc) is 2.73. The number of aryl methyl sites for hydroxylation is 1. The molecule has 1 aromatic carbocycles. The third kappa shape index (κ3) is 3.83. The zero-order chi connectivity index (χ0) is 20.3. The normalized spacial score (nSPS) is 22.6. The Balaban J connectivity index is 2.17. The summed E-state index contributed by atoms with van der Waals surface area (Å²) in [4.78, 5) is 27.8. The van der Waals surface area contributed by atoms with Gasteiger partial charge in [-0.25, -0.2) is 4.79 Å². The van der Waals surface area contributed by atoms with E-state index in [4.69, 9.17) is 14.2 Å². The molecule has 3 rings (SSSR count). The first-order chi connectivity index (χ1) is 13.5. The maximum absolute atomic E-state index is 12.9. The number of ether oxygens (including phenoxy) is 3. The molecule has 6 heteroatoms. The second-order valence-electron chi connectivity index (χ2n) is 7.15. The molecule has 0 amide bonds. The summed E-state index contributed by atoms with van der Waals surface area (Å²) in [5.74, 6) is -1.88. The highest BCUT2D eigenvalue weighted by atomic mass is 16.5. The first-order valence-electron chi connectivity index (χ1n) is 9.45. The molecule has 2 aliphatic rings. The standard InChI is InChI=1S/C22H27NO5/c1-14-5-7-16(8-6-14)19-18(21(24)26-3)15(2)13-17(20(19)22(25)27-4)23-9-11-28-12-10-23/h5-8,13,19-20H,9-12H2,1-4H3. The summed E-state index contributed by atoms with van der Waals surface area (Å²) in [5, 5.41) is 0. The van der Waals surface area contributed by atoms with Crippen molar-refractivity contribution in [2.45, 2.75) is 19.8 Å². The number of esters is 2. The first-order valence-corrected chi connectivity index (χ1v) is 9.45. The van der Waals surface area contributed by atoms with Gasteiger partial charge in [0.05, 0.1) is 27.4 Å². The zero-order valence-corrected chi connectivity index (χ0v) is 16.9. The second-order valence-corrected chi connectivity index (χ2v) is 7.15. The van der Waals surface area contributed by atoms with E-state index in [-0.39, 0.29) is 5.97 Å². The van der Waals surface area contributed by atoms with Crippen LogP contribution < -0.4 is 0 Å². The molecule has 1 fully saturated rings. The number of nitrogens with zero attached hydrogens (tertiary/aromatic N) is 1. The van der Waals surface area contributed by atoms with Crippen molar-refractivity contribution in [3.8, 4) is 0 Å². The van der Waals surface area contributed by atoms with Crippen molar-refractivity contribution in [2.24, 2.45) is 5.92 Å². The van der Waals surface area contributed by atoms with E-state index >= 15 is 0 Å². The van der Waals surface area contributed by atoms with Gasteiger partial charge in [-0.05, 0) is 31.1 Å². The molecule has 0 bridgehead atoms. The van der Waals surface area contributed by atoms with Crippen molar-refractivity contribution < 1.29 is 23.8 Å². The third-order valence-corrected chi connectivity index (χ3v) is 5.43. The number of carbonyl (C=O) groups is 2. The predicted molar refractivity (Wildman–Crippen MR) is 105 cm³/mol. The fourth-order valence-electron chi connectivity index (χ4n) is 4.00. The minimum absolute atomic E-state index is 0.364. The number of morpholine rings is 1. The molecule has 150 valence electrons. The minimum atomic E-state index is -0.622. The number of methoxy groups -OCH3 is 2. The van der Waals surface area contributed by atoms with E-state index in [1.54, 1.807) is 0 Å². The smallest absolute Gasteiger partial charge is 0.334 e. The van der Waals surface area contributed by atoms with E-state index in [0.717, 1.165) is 22.4 Å². The topological polar surface area (TPSA) is 65.1 Å². The van der Waals surface area contributed by atoms with Gasteiger partial charge < -0.3 is 19.1 Å². The van der Waals surface area contributed by atoms with Crippen LogP contribution in [0.4, 0.5) is 0 Å². The van der Waals surface area contributed by atoms with Gasteiger partial charge in [0.2, 0.25) is 0 Å². The molecule has 28 heavy (non-hydrogen) atoms. The highest BCUT2D eigenvalue weighted by Gasteiger charge is 2.44. The fourth-order valence-corrected chi connectivity index (χ4v) is 4.00. The summed E-state index contributed by atoms with van der Waals surface area (Å²) < 4.78 is 15.7. The quantitative estimate of drug-likeness (QED) is 0.743. The van der Waals surface area contributed by atoms with Crippen LogP contribution in [-0.2, 0) is 23.8 Å². The lowest BCUT2D eigenvalue weighted by molar-refractivity contribution is -0.145. The van der Waals surface area contributed by atoms with Crippen LogP contribution in [0.3, 0.4) is 0 Å². The number of carbonyl (C=O) groups excluding carboxylic acids is 2. The average molecular weight is 385 g/mol. The Hall–Kier alpha value is -2.60. The van der Waals surface area contributed by atoms with Gasteiger partial charge in [-0.2, -0.15) is 0 Å². The lowest BCUT2D eigenvalue weighted by Gasteiger charge is -2.40. The zero-order valence-electron chi connectivity index (χ0n) is 16.9. The summed E-state index contributed by atoms with van der Waals surface area (Å²) in [6.45, 7) is 6.49. The first kappa shape index (κ1) is 20.1. The van der Waals surface area contributed by atoms with E-state index in [1.807, 2.05) is 44.2 Å². The van der Waals surface area contributed by atoms with Gasteiger partial charge in [0, 0.05) is 30.3 Å². The molecular formula is C22H27NO5. The third-order valence-electron chi connectivity index (χ3n) is 5.43. The van der Waals surface area contributed by atoms with Gasteiger partial charge in [0.1, 0.15) is 5.92 Å². The molecule has 2 unspecified atom stereocenters. The molecule has 0 saturated carbocycles. The summed E-state index contributed by atoms with van der Waals surface area (Å²) in [7, 11) is 2.75. The summed E-state index contributed by atoms with van der Waals surface area (Å²) >= 11 is 0. The highest BCUT2D eigenvalue weighted by Crippen LogP contribution is 2.44. The lowest BCUT2D eigenvalue weighted by Crippen LogP contribution is -2.43. The van der Waals surface area contributed by atoms with Crippen LogP contribution in [0.1, 0.15) is 24.0 Å². The van der Waals surface area contributed by atoms with Crippen LogP contribution in [0, 0.1) is 12.8 Å². The Labute approximate surface area is 165 Å². The SMILES string of the molecule is COC(=O)C1=C(C)C=C(N2CCOCC2)C(C(=O)OC)C1c1ccc(C)cc1. The molecule has 1 saturated heterocycles. The highest BCUT2D eigenvalue weighted by molar-refractivity contribution is 5.94. The molecule has 1 heterocycles. The molecule has 6 nitrogen and oxygen atoms in total. The molecule has 1 aliphatic heterocycles. The molecule has 0 spiro atoms. The van der Waals surface area contributed by atoms with E-state index in [0.29, 0.717) is 31.9 Å². The van der Waals surface area contributed by atoms with Crippen LogP contribution >= 0.6 is 0 Å². The van der Waals surface area contributed by atoms with E-state index in [2.05, 4.69) is 4.90 Å². The Morgan fingerprint density at radius 2 is 1.68 bits per heavy atom. The molecular weight excluding hydrogens is 358 g/mol. The van der Waals surface area contributed by atoms with E-state index in [9.17, 15) is 9.59 Å². The monoisotopic (exact) mass is 385 g/mol. The number of hydrogen-bond donors (Lipinski definition) is 0. The number of benzene rings is 1. The second kappa shape index (κ2) is 8.61.